The molecule has 0 aromatic carbocycles. The number of carbonyl (C=O) groups is 1. The number of esters is 1. The predicted octanol–water partition coefficient (Wildman–Crippen LogP) is 4.74. The third-order valence-corrected chi connectivity index (χ3v) is 6.57. The van der Waals surface area contributed by atoms with E-state index in [9.17, 15) is 4.79 Å². The minimum absolute atomic E-state index is 0.0301. The van der Waals surface area contributed by atoms with Gasteiger partial charge < -0.3 is 4.74 Å². The molecule has 1 aliphatic heterocycles. The van der Waals surface area contributed by atoms with Crippen LogP contribution in [-0.2, 0) is 9.53 Å². The van der Waals surface area contributed by atoms with E-state index in [1.807, 2.05) is 18.2 Å². The molecule has 0 bridgehead atoms. The molecule has 3 aliphatic rings. The van der Waals surface area contributed by atoms with Gasteiger partial charge in [-0.1, -0.05) is 38.0 Å². The summed E-state index contributed by atoms with van der Waals surface area (Å²) in [5.41, 5.74) is 1.86. The summed E-state index contributed by atoms with van der Waals surface area (Å²) >= 11 is 0. The maximum Gasteiger partial charge on any atom is 0.309 e. The van der Waals surface area contributed by atoms with Gasteiger partial charge in [0.1, 0.15) is 6.10 Å². The zero-order valence-corrected chi connectivity index (χ0v) is 14.9. The van der Waals surface area contributed by atoms with Crippen molar-refractivity contribution in [3.63, 3.8) is 0 Å². The van der Waals surface area contributed by atoms with Gasteiger partial charge >= 0.3 is 5.97 Å². The summed E-state index contributed by atoms with van der Waals surface area (Å²) < 4.78 is 5.63. The molecule has 0 spiro atoms. The van der Waals surface area contributed by atoms with Gasteiger partial charge in [0.15, 0.2) is 0 Å². The van der Waals surface area contributed by atoms with E-state index >= 15 is 0 Å². The largest absolute Gasteiger partial charge is 0.462 e. The van der Waals surface area contributed by atoms with Crippen LogP contribution in [0.4, 0.5) is 0 Å². The molecule has 2 heterocycles. The summed E-state index contributed by atoms with van der Waals surface area (Å²) in [5.74, 6) is 2.23. The van der Waals surface area contributed by atoms with Crippen LogP contribution in [0, 0.1) is 29.6 Å². The van der Waals surface area contributed by atoms with Crippen LogP contribution in [-0.4, -0.2) is 17.1 Å². The molecule has 6 atom stereocenters. The Morgan fingerprint density at radius 1 is 1.24 bits per heavy atom. The van der Waals surface area contributed by atoms with Gasteiger partial charge in [-0.15, -0.1) is 0 Å². The van der Waals surface area contributed by atoms with E-state index in [1.54, 1.807) is 6.08 Å². The molecule has 5 unspecified atom stereocenters. The van der Waals surface area contributed by atoms with Crippen molar-refractivity contribution in [2.45, 2.75) is 45.1 Å². The number of allylic oxidation sites excluding steroid dienone is 1. The van der Waals surface area contributed by atoms with Crippen molar-refractivity contribution in [1.82, 2.24) is 4.98 Å². The standard InChI is InChI=1S/C22H27NO2/c1-3-16-8-6-9-17(23-16)11-12-19-18-10-5-4-7-15(18)13-20-21(19)14(2)25-22(20)24/h3,6,8-9,11-12,14-15,18-21H,1,4-5,7,10,13H2,2H3/t14-,15?,18?,19?,20?,21?/m0/s1. The third kappa shape index (κ3) is 3.05. The van der Waals surface area contributed by atoms with Crippen LogP contribution in [0.5, 0.6) is 0 Å². The molecule has 1 saturated heterocycles. The molecule has 132 valence electrons. The van der Waals surface area contributed by atoms with Crippen molar-refractivity contribution in [2.75, 3.05) is 0 Å². The summed E-state index contributed by atoms with van der Waals surface area (Å²) in [6.07, 6.45) is 12.5. The third-order valence-electron chi connectivity index (χ3n) is 6.57. The number of rotatable bonds is 3. The SMILES string of the molecule is C=Cc1cccc(C=CC2C3CCCCC3CC3C(=O)O[C@@H](C)C32)n1. The summed E-state index contributed by atoms with van der Waals surface area (Å²) in [5, 5.41) is 0. The average molecular weight is 337 g/mol. The Morgan fingerprint density at radius 2 is 2.04 bits per heavy atom. The molecule has 0 radical (unpaired) electrons. The van der Waals surface area contributed by atoms with Gasteiger partial charge in [0.25, 0.3) is 0 Å². The monoisotopic (exact) mass is 337 g/mol. The minimum Gasteiger partial charge on any atom is -0.462 e. The number of fused-ring (bicyclic) bond motifs is 2. The number of carbonyl (C=O) groups excluding carboxylic acids is 1. The van der Waals surface area contributed by atoms with Crippen LogP contribution < -0.4 is 0 Å². The Hall–Kier alpha value is -1.90. The van der Waals surface area contributed by atoms with Gasteiger partial charge in [-0.25, -0.2) is 4.98 Å². The number of aromatic nitrogens is 1. The fourth-order valence-electron chi connectivity index (χ4n) is 5.47. The summed E-state index contributed by atoms with van der Waals surface area (Å²) in [7, 11) is 0. The molecule has 1 aromatic rings. The van der Waals surface area contributed by atoms with E-state index in [0.717, 1.165) is 17.8 Å². The van der Waals surface area contributed by atoms with Crippen LogP contribution in [0.3, 0.4) is 0 Å². The molecule has 3 nitrogen and oxygen atoms in total. The lowest BCUT2D eigenvalue weighted by atomic mass is 9.57. The predicted molar refractivity (Wildman–Crippen MR) is 99.5 cm³/mol. The number of nitrogens with zero attached hydrogens (tertiary/aromatic N) is 1. The maximum absolute atomic E-state index is 12.3. The zero-order valence-electron chi connectivity index (χ0n) is 14.9. The average Bonchev–Trinajstić information content (AvgIpc) is 2.93. The highest BCUT2D eigenvalue weighted by Gasteiger charge is 2.53. The highest BCUT2D eigenvalue weighted by atomic mass is 16.6. The highest BCUT2D eigenvalue weighted by Crippen LogP contribution is 2.53. The second kappa shape index (κ2) is 6.78. The Kier molecular flexibility index (Phi) is 4.49. The zero-order chi connectivity index (χ0) is 17.4. The van der Waals surface area contributed by atoms with Crippen molar-refractivity contribution in [3.8, 4) is 0 Å². The van der Waals surface area contributed by atoms with Crippen molar-refractivity contribution >= 4 is 18.1 Å². The molecule has 25 heavy (non-hydrogen) atoms. The quantitative estimate of drug-likeness (QED) is 0.748. The van der Waals surface area contributed by atoms with Gasteiger partial charge in [0.2, 0.25) is 0 Å². The van der Waals surface area contributed by atoms with E-state index in [2.05, 4.69) is 30.6 Å². The van der Waals surface area contributed by atoms with Crippen LogP contribution in [0.2, 0.25) is 0 Å². The smallest absolute Gasteiger partial charge is 0.309 e. The number of cyclic esters (lactones) is 1. The number of hydrogen-bond acceptors (Lipinski definition) is 3. The fourth-order valence-corrected chi connectivity index (χ4v) is 5.47. The number of pyridine rings is 1. The first-order chi connectivity index (χ1) is 12.2. The first-order valence-corrected chi connectivity index (χ1v) is 9.65. The topological polar surface area (TPSA) is 39.2 Å². The molecule has 4 rings (SSSR count). The molecular weight excluding hydrogens is 310 g/mol. The van der Waals surface area contributed by atoms with Crippen LogP contribution in [0.25, 0.3) is 12.2 Å². The molecule has 0 N–H and O–H groups in total. The van der Waals surface area contributed by atoms with Crippen molar-refractivity contribution in [3.05, 3.63) is 42.2 Å². The van der Waals surface area contributed by atoms with E-state index in [1.165, 1.54) is 25.7 Å². The Bertz CT molecular complexity index is 695. The molecule has 0 amide bonds. The molecule has 2 saturated carbocycles. The molecule has 3 fully saturated rings. The Labute approximate surface area is 150 Å². The maximum atomic E-state index is 12.3. The highest BCUT2D eigenvalue weighted by molar-refractivity contribution is 5.75. The van der Waals surface area contributed by atoms with Crippen LogP contribution in [0.1, 0.15) is 50.4 Å². The van der Waals surface area contributed by atoms with Crippen molar-refractivity contribution in [2.24, 2.45) is 29.6 Å². The normalized spacial score (nSPS) is 37.4. The van der Waals surface area contributed by atoms with Gasteiger partial charge in [0, 0.05) is 5.92 Å². The number of ether oxygens (including phenoxy) is 1. The van der Waals surface area contributed by atoms with Crippen molar-refractivity contribution < 1.29 is 9.53 Å². The van der Waals surface area contributed by atoms with Crippen LogP contribution >= 0.6 is 0 Å². The lowest BCUT2D eigenvalue weighted by Crippen LogP contribution is -2.42. The van der Waals surface area contributed by atoms with E-state index in [4.69, 9.17) is 4.74 Å². The molecular formula is C22H27NO2. The summed E-state index contributed by atoms with van der Waals surface area (Å²) in [4.78, 5) is 16.9. The lowest BCUT2D eigenvalue weighted by Gasteiger charge is -2.45. The van der Waals surface area contributed by atoms with Gasteiger partial charge in [0.05, 0.1) is 17.3 Å². The second-order valence-corrected chi connectivity index (χ2v) is 7.90. The number of hydrogen-bond donors (Lipinski definition) is 0. The Morgan fingerprint density at radius 3 is 2.88 bits per heavy atom. The summed E-state index contributed by atoms with van der Waals surface area (Å²) in [6, 6.07) is 6.01. The lowest BCUT2D eigenvalue weighted by molar-refractivity contribution is -0.144. The molecule has 2 aliphatic carbocycles. The van der Waals surface area contributed by atoms with E-state index < -0.39 is 0 Å². The summed E-state index contributed by atoms with van der Waals surface area (Å²) in [6.45, 7) is 5.87. The van der Waals surface area contributed by atoms with E-state index in [0.29, 0.717) is 23.7 Å². The first kappa shape index (κ1) is 16.6. The molecule has 1 aromatic heterocycles. The fraction of sp³-hybridized carbons (Fsp3) is 0.545. The second-order valence-electron chi connectivity index (χ2n) is 7.90. The first-order valence-electron chi connectivity index (χ1n) is 9.65. The van der Waals surface area contributed by atoms with E-state index in [-0.39, 0.29) is 18.0 Å². The van der Waals surface area contributed by atoms with Gasteiger partial charge in [-0.2, -0.15) is 0 Å². The van der Waals surface area contributed by atoms with Gasteiger partial charge in [-0.3, -0.25) is 4.79 Å². The minimum atomic E-state index is 0.0301. The van der Waals surface area contributed by atoms with Crippen molar-refractivity contribution in [1.29, 1.82) is 0 Å². The van der Waals surface area contributed by atoms with Gasteiger partial charge in [-0.05, 0) is 61.8 Å². The van der Waals surface area contributed by atoms with Crippen LogP contribution in [0.15, 0.2) is 30.9 Å². The molecule has 3 heteroatoms. The Balaban J connectivity index is 1.64.